The Morgan fingerprint density at radius 1 is 0.907 bits per heavy atom. The van der Waals surface area contributed by atoms with Gasteiger partial charge in [-0.15, -0.1) is 0 Å². The molecule has 2 aromatic rings. The van der Waals surface area contributed by atoms with Gasteiger partial charge in [-0.05, 0) is 80.9 Å². The zero-order valence-corrected chi connectivity index (χ0v) is 24.6. The number of carbonyl (C=O) groups is 4. The third-order valence-electron chi connectivity index (χ3n) is 9.50. The predicted octanol–water partition coefficient (Wildman–Crippen LogP) is 3.11. The topological polar surface area (TPSA) is 93.3 Å². The summed E-state index contributed by atoms with van der Waals surface area (Å²) in [7, 11) is 0. The Balaban J connectivity index is 1.01. The molecule has 3 saturated heterocycles. The van der Waals surface area contributed by atoms with Crippen molar-refractivity contribution in [3.8, 4) is 0 Å². The van der Waals surface area contributed by atoms with Crippen LogP contribution in [0.3, 0.4) is 0 Å². The number of nitrogens with one attached hydrogen (secondary N) is 1. The normalized spacial score (nSPS) is 23.0. The number of hydrogen-bond acceptors (Lipinski definition) is 6. The van der Waals surface area contributed by atoms with Crippen molar-refractivity contribution in [2.75, 3.05) is 44.2 Å². The molecule has 3 fully saturated rings. The summed E-state index contributed by atoms with van der Waals surface area (Å²) in [5.41, 5.74) is 3.36. The fourth-order valence-electron chi connectivity index (χ4n) is 7.14. The molecule has 0 bridgehead atoms. The molecule has 1 N–H and O–H groups in total. The fraction of sp³-hybridized carbons (Fsp3) is 0.515. The first-order valence-electron chi connectivity index (χ1n) is 15.7. The highest BCUT2D eigenvalue weighted by molar-refractivity contribution is 6.05. The zero-order valence-electron chi connectivity index (χ0n) is 24.6. The molecule has 2 atom stereocenters. The Labute approximate surface area is 252 Å². The van der Waals surface area contributed by atoms with Crippen LogP contribution in [0, 0.1) is 5.82 Å². The molecule has 0 saturated carbocycles. The van der Waals surface area contributed by atoms with E-state index in [1.807, 2.05) is 28.0 Å². The van der Waals surface area contributed by atoms with E-state index in [-0.39, 0.29) is 36.0 Å². The van der Waals surface area contributed by atoms with Crippen LogP contribution in [0.2, 0.25) is 0 Å². The maximum Gasteiger partial charge on any atom is 0.255 e. The number of unbranched alkanes of at least 4 members (excludes halogenated alkanes) is 1. The number of anilines is 1. The molecule has 2 aromatic carbocycles. The van der Waals surface area contributed by atoms with E-state index in [1.165, 1.54) is 6.07 Å². The van der Waals surface area contributed by atoms with Crippen LogP contribution in [-0.4, -0.2) is 89.7 Å². The van der Waals surface area contributed by atoms with E-state index in [1.54, 1.807) is 17.0 Å². The molecule has 0 aromatic heterocycles. The number of piperidine rings is 2. The molecule has 0 spiro atoms. The van der Waals surface area contributed by atoms with Gasteiger partial charge in [-0.1, -0.05) is 30.7 Å². The van der Waals surface area contributed by atoms with Crippen molar-refractivity contribution in [1.29, 1.82) is 0 Å². The second-order valence-electron chi connectivity index (χ2n) is 12.1. The number of para-hydroxylation sites is 1. The largest absolute Gasteiger partial charge is 0.366 e. The predicted molar refractivity (Wildman–Crippen MR) is 160 cm³/mol. The summed E-state index contributed by atoms with van der Waals surface area (Å²) in [5.74, 6) is -0.848. The van der Waals surface area contributed by atoms with Gasteiger partial charge >= 0.3 is 0 Å². The third-order valence-corrected chi connectivity index (χ3v) is 9.50. The minimum absolute atomic E-state index is 0.102. The van der Waals surface area contributed by atoms with Gasteiger partial charge in [-0.2, -0.15) is 0 Å². The van der Waals surface area contributed by atoms with Crippen molar-refractivity contribution in [1.82, 2.24) is 20.0 Å². The Kier molecular flexibility index (Phi) is 8.74. The summed E-state index contributed by atoms with van der Waals surface area (Å²) in [5, 5.41) is 2.37. The maximum absolute atomic E-state index is 14.3. The van der Waals surface area contributed by atoms with E-state index in [2.05, 4.69) is 16.3 Å². The molecule has 4 amide bonds. The summed E-state index contributed by atoms with van der Waals surface area (Å²) in [4.78, 5) is 58.7. The van der Waals surface area contributed by atoms with Crippen LogP contribution in [0.5, 0.6) is 0 Å². The van der Waals surface area contributed by atoms with Crippen LogP contribution >= 0.6 is 0 Å². The number of nitrogens with zero attached hydrogens (tertiary/aromatic N) is 4. The van der Waals surface area contributed by atoms with E-state index >= 15 is 0 Å². The molecule has 228 valence electrons. The number of amides is 4. The van der Waals surface area contributed by atoms with Gasteiger partial charge in [0.15, 0.2) is 0 Å². The minimum Gasteiger partial charge on any atom is -0.366 e. The van der Waals surface area contributed by atoms with Gasteiger partial charge in [0.25, 0.3) is 5.91 Å². The first-order valence-corrected chi connectivity index (χ1v) is 15.7. The Morgan fingerprint density at radius 2 is 1.72 bits per heavy atom. The lowest BCUT2D eigenvalue weighted by Gasteiger charge is -2.41. The average Bonchev–Trinajstić information content (AvgIpc) is 3.36. The number of benzene rings is 2. The Hall–Kier alpha value is -3.79. The summed E-state index contributed by atoms with van der Waals surface area (Å²) < 4.78 is 14.3. The number of likely N-dealkylation sites (tertiary alicyclic amines) is 1. The lowest BCUT2D eigenvalue weighted by molar-refractivity contribution is -0.139. The quantitative estimate of drug-likeness (QED) is 0.376. The second-order valence-corrected chi connectivity index (χ2v) is 12.1. The van der Waals surface area contributed by atoms with Crippen molar-refractivity contribution in [3.05, 3.63) is 65.0 Å². The van der Waals surface area contributed by atoms with Crippen molar-refractivity contribution >= 4 is 29.3 Å². The molecule has 6 rings (SSSR count). The molecule has 4 heterocycles. The van der Waals surface area contributed by atoms with E-state index in [0.717, 1.165) is 62.7 Å². The summed E-state index contributed by atoms with van der Waals surface area (Å²) >= 11 is 0. The molecular weight excluding hydrogens is 549 g/mol. The molecule has 0 radical (unpaired) electrons. The molecule has 4 aliphatic rings. The number of aryl methyl sites for hydroxylation is 1. The van der Waals surface area contributed by atoms with E-state index in [0.29, 0.717) is 50.4 Å². The lowest BCUT2D eigenvalue weighted by atomic mass is 9.97. The summed E-state index contributed by atoms with van der Waals surface area (Å²) in [6, 6.07) is 11.9. The van der Waals surface area contributed by atoms with Gasteiger partial charge in [0.1, 0.15) is 11.9 Å². The Bertz CT molecular complexity index is 1390. The fourth-order valence-corrected chi connectivity index (χ4v) is 7.14. The monoisotopic (exact) mass is 589 g/mol. The molecular formula is C33H40FN5O4. The number of piperazine rings is 1. The first-order chi connectivity index (χ1) is 20.9. The van der Waals surface area contributed by atoms with Crippen LogP contribution in [0.4, 0.5) is 10.1 Å². The number of fused-ring (bicyclic) bond motifs is 1. The zero-order chi connectivity index (χ0) is 29.9. The highest BCUT2D eigenvalue weighted by Gasteiger charge is 2.40. The van der Waals surface area contributed by atoms with Gasteiger partial charge < -0.3 is 14.7 Å². The van der Waals surface area contributed by atoms with Gasteiger partial charge in [0.05, 0.1) is 11.7 Å². The van der Waals surface area contributed by atoms with Gasteiger partial charge in [-0.25, -0.2) is 4.39 Å². The standard InChI is InChI=1S/C33H40FN5O4/c34-26-11-1-2-12-27(26)37-18-20-38(21-19-37)33(43)29-13-4-6-17-36(29)16-5-3-8-23-9-7-10-24-25(23)22-39(32(24)42)28-14-15-30(40)35-31(28)41/h1-2,7,9-12,28-29H,3-6,8,13-22H2,(H,35,40,41). The molecule has 43 heavy (non-hydrogen) atoms. The first kappa shape index (κ1) is 29.3. The van der Waals surface area contributed by atoms with Crippen molar-refractivity contribution in [3.63, 3.8) is 0 Å². The number of halogens is 1. The molecule has 9 nitrogen and oxygen atoms in total. The SMILES string of the molecule is O=C1CCC(N2Cc3c(CCCCN4CCCCC4C(=O)N4CCN(c5ccccc5F)CC4)cccc3C2=O)C(=O)N1. The van der Waals surface area contributed by atoms with Crippen molar-refractivity contribution in [2.24, 2.45) is 0 Å². The van der Waals surface area contributed by atoms with Crippen LogP contribution in [0.15, 0.2) is 42.5 Å². The smallest absolute Gasteiger partial charge is 0.255 e. The molecule has 4 aliphatic heterocycles. The number of imide groups is 1. The third kappa shape index (κ3) is 6.16. The maximum atomic E-state index is 14.3. The number of hydrogen-bond donors (Lipinski definition) is 1. The van der Waals surface area contributed by atoms with Crippen LogP contribution in [0.1, 0.15) is 66.4 Å². The second kappa shape index (κ2) is 12.8. The Morgan fingerprint density at radius 3 is 2.51 bits per heavy atom. The van der Waals surface area contributed by atoms with Crippen molar-refractivity contribution in [2.45, 2.75) is 70.0 Å². The van der Waals surface area contributed by atoms with E-state index in [4.69, 9.17) is 0 Å². The summed E-state index contributed by atoms with van der Waals surface area (Å²) in [6.07, 6.45) is 6.32. The number of carbonyl (C=O) groups excluding carboxylic acids is 4. The van der Waals surface area contributed by atoms with Crippen molar-refractivity contribution < 1.29 is 23.6 Å². The van der Waals surface area contributed by atoms with Gasteiger partial charge in [0, 0.05) is 44.7 Å². The highest BCUT2D eigenvalue weighted by atomic mass is 19.1. The van der Waals surface area contributed by atoms with Gasteiger partial charge in [-0.3, -0.25) is 29.4 Å². The highest BCUT2D eigenvalue weighted by Crippen LogP contribution is 2.31. The lowest BCUT2D eigenvalue weighted by Crippen LogP contribution is -2.56. The van der Waals surface area contributed by atoms with Crippen LogP contribution < -0.4 is 10.2 Å². The molecule has 10 heteroatoms. The van der Waals surface area contributed by atoms with Crippen LogP contribution in [0.25, 0.3) is 0 Å². The minimum atomic E-state index is -0.610. The molecule has 0 aliphatic carbocycles. The van der Waals surface area contributed by atoms with Gasteiger partial charge in [0.2, 0.25) is 17.7 Å². The molecule has 2 unspecified atom stereocenters. The van der Waals surface area contributed by atoms with Crippen LogP contribution in [-0.2, 0) is 27.3 Å². The average molecular weight is 590 g/mol. The van der Waals surface area contributed by atoms with E-state index in [9.17, 15) is 23.6 Å². The number of rotatable bonds is 8. The summed E-state index contributed by atoms with van der Waals surface area (Å²) in [6.45, 7) is 4.62. The van der Waals surface area contributed by atoms with E-state index < -0.39 is 11.9 Å².